The van der Waals surface area contributed by atoms with E-state index in [0.29, 0.717) is 31.1 Å². The number of nitrogens with one attached hydrogen (secondary N) is 1. The molecule has 5 heterocycles. The maximum Gasteiger partial charge on any atom is 0.255 e. The minimum Gasteiger partial charge on any atom is -0.508 e. The number of hydrogen-bond donors (Lipinski definition) is 2. The van der Waals surface area contributed by atoms with Gasteiger partial charge in [0, 0.05) is 81.6 Å². The van der Waals surface area contributed by atoms with Crippen molar-refractivity contribution in [3.63, 3.8) is 0 Å². The molecule has 0 saturated carbocycles. The molecule has 0 radical (unpaired) electrons. The second kappa shape index (κ2) is 15.0. The van der Waals surface area contributed by atoms with E-state index in [1.54, 1.807) is 23.1 Å². The molecule has 290 valence electrons. The first kappa shape index (κ1) is 36.4. The Morgan fingerprint density at radius 3 is 2.27 bits per heavy atom. The van der Waals surface area contributed by atoms with Gasteiger partial charge in [-0.05, 0) is 120 Å². The quantitative estimate of drug-likeness (QED) is 0.220. The molecule has 0 unspecified atom stereocenters. The van der Waals surface area contributed by atoms with Gasteiger partial charge in [-0.25, -0.2) is 4.39 Å². The Morgan fingerprint density at radius 1 is 0.786 bits per heavy atom. The molecular weight excluding hydrogens is 710 g/mol. The number of carbonyl (C=O) groups is 3. The second-order valence-electron chi connectivity index (χ2n) is 16.1. The number of piperidine rings is 2. The summed E-state index contributed by atoms with van der Waals surface area (Å²) in [5, 5.41) is 12.6. The number of amides is 3. The summed E-state index contributed by atoms with van der Waals surface area (Å²) in [5.74, 6) is -0.271. The smallest absolute Gasteiger partial charge is 0.255 e. The van der Waals surface area contributed by atoms with Gasteiger partial charge in [0.2, 0.25) is 11.8 Å². The normalized spacial score (nSPS) is 23.3. The lowest BCUT2D eigenvalue weighted by molar-refractivity contribution is -0.136. The number of anilines is 2. The summed E-state index contributed by atoms with van der Waals surface area (Å²) >= 11 is 0. The zero-order chi connectivity index (χ0) is 38.5. The second-order valence-corrected chi connectivity index (χ2v) is 16.1. The van der Waals surface area contributed by atoms with Crippen molar-refractivity contribution in [3.8, 4) is 5.75 Å². The summed E-state index contributed by atoms with van der Waals surface area (Å²) in [6, 6.07) is 24.7. The Morgan fingerprint density at radius 2 is 1.52 bits per heavy atom. The fourth-order valence-corrected chi connectivity index (χ4v) is 9.62. The van der Waals surface area contributed by atoms with Crippen LogP contribution in [0.1, 0.15) is 81.4 Å². The van der Waals surface area contributed by atoms with Crippen LogP contribution in [0, 0.1) is 18.7 Å². The average molecular weight is 758 g/mol. The summed E-state index contributed by atoms with van der Waals surface area (Å²) in [5.41, 5.74) is 8.99. The van der Waals surface area contributed by atoms with E-state index in [-0.39, 0.29) is 47.7 Å². The number of phenolic OH excluding ortho intramolecular Hbond substituents is 1. The number of nitrogens with zero attached hydrogens (tertiary/aromatic N) is 4. The highest BCUT2D eigenvalue weighted by atomic mass is 19.1. The zero-order valence-electron chi connectivity index (χ0n) is 31.8. The van der Waals surface area contributed by atoms with Gasteiger partial charge in [0.05, 0.1) is 12.7 Å². The van der Waals surface area contributed by atoms with Crippen LogP contribution in [0.2, 0.25) is 0 Å². The van der Waals surface area contributed by atoms with E-state index in [2.05, 4.69) is 50.3 Å². The van der Waals surface area contributed by atoms with Crippen LogP contribution in [-0.2, 0) is 27.5 Å². The van der Waals surface area contributed by atoms with Crippen LogP contribution in [0.15, 0.2) is 78.9 Å². The summed E-state index contributed by atoms with van der Waals surface area (Å²) < 4.78 is 20.5. The fourth-order valence-electron chi connectivity index (χ4n) is 9.62. The maximum absolute atomic E-state index is 14.1. The van der Waals surface area contributed by atoms with Gasteiger partial charge < -0.3 is 24.5 Å². The molecule has 10 nitrogen and oxygen atoms in total. The molecule has 3 amide bonds. The van der Waals surface area contributed by atoms with Crippen molar-refractivity contribution < 1.29 is 28.6 Å². The summed E-state index contributed by atoms with van der Waals surface area (Å²) in [6.45, 7) is 9.67. The number of phenols is 1. The molecule has 4 aromatic rings. The van der Waals surface area contributed by atoms with Crippen molar-refractivity contribution in [2.24, 2.45) is 5.92 Å². The fraction of sp³-hybridized carbons (Fsp3) is 0.400. The number of fused-ring (bicyclic) bond motifs is 2. The average Bonchev–Trinajstić information content (AvgIpc) is 3.53. The van der Waals surface area contributed by atoms with Crippen LogP contribution in [-0.4, -0.2) is 84.5 Å². The van der Waals surface area contributed by atoms with Gasteiger partial charge in [0.15, 0.2) is 0 Å². The predicted molar refractivity (Wildman–Crippen MR) is 211 cm³/mol. The van der Waals surface area contributed by atoms with Crippen LogP contribution in [0.25, 0.3) is 0 Å². The molecule has 0 aliphatic carbocycles. The van der Waals surface area contributed by atoms with Crippen molar-refractivity contribution in [3.05, 3.63) is 124 Å². The number of ether oxygens (including phenoxy) is 1. The van der Waals surface area contributed by atoms with Gasteiger partial charge >= 0.3 is 0 Å². The van der Waals surface area contributed by atoms with E-state index in [9.17, 15) is 23.9 Å². The minimum atomic E-state index is -0.599. The van der Waals surface area contributed by atoms with Crippen molar-refractivity contribution in [1.82, 2.24) is 15.1 Å². The largest absolute Gasteiger partial charge is 0.508 e. The Balaban J connectivity index is 0.790. The van der Waals surface area contributed by atoms with Gasteiger partial charge in [0.1, 0.15) is 17.6 Å². The predicted octanol–water partition coefficient (Wildman–Crippen LogP) is 6.04. The monoisotopic (exact) mass is 757 g/mol. The molecule has 9 rings (SSSR count). The van der Waals surface area contributed by atoms with E-state index in [1.165, 1.54) is 11.8 Å². The van der Waals surface area contributed by atoms with Crippen molar-refractivity contribution >= 4 is 29.1 Å². The number of halogens is 1. The summed E-state index contributed by atoms with van der Waals surface area (Å²) in [7, 11) is 0. The SMILES string of the molecule is Cc1cc(F)ccc1[C@H]1OCc2cc(O)ccc2[C@H]1c1ccc(N2CCC(CN3CCN(c4ccc5c(c4)CN([C@H]4CCC(=O)NC4=O)C5=O)CC3)CC2)cc1. The molecule has 3 fully saturated rings. The third-order valence-electron chi connectivity index (χ3n) is 12.7. The number of rotatable bonds is 7. The van der Waals surface area contributed by atoms with E-state index < -0.39 is 6.04 Å². The van der Waals surface area contributed by atoms with E-state index in [1.807, 2.05) is 31.2 Å². The van der Waals surface area contributed by atoms with Crippen LogP contribution >= 0.6 is 0 Å². The Kier molecular flexibility index (Phi) is 9.75. The van der Waals surface area contributed by atoms with Crippen molar-refractivity contribution in [2.75, 3.05) is 55.6 Å². The maximum atomic E-state index is 14.1. The molecule has 3 atom stereocenters. The summed E-state index contributed by atoms with van der Waals surface area (Å²) in [6.07, 6.45) is 2.64. The number of benzene rings is 4. The highest BCUT2D eigenvalue weighted by Gasteiger charge is 2.40. The Hall–Kier alpha value is -5.26. The highest BCUT2D eigenvalue weighted by Crippen LogP contribution is 2.46. The van der Waals surface area contributed by atoms with E-state index in [4.69, 9.17) is 4.74 Å². The zero-order valence-corrected chi connectivity index (χ0v) is 31.8. The lowest BCUT2D eigenvalue weighted by Gasteiger charge is -2.40. The Labute approximate surface area is 326 Å². The van der Waals surface area contributed by atoms with Crippen LogP contribution in [0.4, 0.5) is 15.8 Å². The topological polar surface area (TPSA) is 106 Å². The molecule has 5 aliphatic rings. The number of aryl methyl sites for hydroxylation is 1. The first-order valence-corrected chi connectivity index (χ1v) is 20.0. The lowest BCUT2D eigenvalue weighted by Crippen LogP contribution is -2.52. The van der Waals surface area contributed by atoms with Crippen molar-refractivity contribution in [2.45, 2.75) is 63.8 Å². The third-order valence-corrected chi connectivity index (χ3v) is 12.7. The third kappa shape index (κ3) is 7.03. The molecule has 0 spiro atoms. The van der Waals surface area contributed by atoms with E-state index in [0.717, 1.165) is 97.7 Å². The van der Waals surface area contributed by atoms with E-state index >= 15 is 0 Å². The minimum absolute atomic E-state index is 0.0917. The first-order valence-electron chi connectivity index (χ1n) is 20.0. The molecule has 5 aliphatic heterocycles. The molecule has 0 bridgehead atoms. The van der Waals surface area contributed by atoms with Gasteiger partial charge in [-0.1, -0.05) is 24.3 Å². The van der Waals surface area contributed by atoms with Crippen LogP contribution in [0.5, 0.6) is 5.75 Å². The molecule has 2 N–H and O–H groups in total. The standard InChI is InChI=1S/C45H48FN5O5/c1-28-22-33(46)4-9-37(28)43-42(38-11-8-36(52)24-32(38)27-56-43)30-2-5-34(6-3-30)49-16-14-29(15-17-49)25-48-18-20-50(21-19-48)35-7-10-39-31(23-35)26-51(45(39)55)40-12-13-41(53)47-44(40)54/h2-11,22-24,29,40,42-43,52H,12-21,25-27H2,1H3,(H,47,53,54)/t40-,42+,43+/m0/s1. The van der Waals surface area contributed by atoms with Gasteiger partial charge in [-0.2, -0.15) is 0 Å². The highest BCUT2D eigenvalue weighted by molar-refractivity contribution is 6.05. The molecule has 4 aromatic carbocycles. The molecule has 3 saturated heterocycles. The van der Waals surface area contributed by atoms with Crippen LogP contribution < -0.4 is 15.1 Å². The number of aromatic hydroxyl groups is 1. The first-order chi connectivity index (χ1) is 27.2. The van der Waals surface area contributed by atoms with Gasteiger partial charge in [-0.3, -0.25) is 24.6 Å². The molecular formula is C45H48FN5O5. The van der Waals surface area contributed by atoms with Crippen molar-refractivity contribution in [1.29, 1.82) is 0 Å². The molecule has 56 heavy (non-hydrogen) atoms. The molecule has 0 aromatic heterocycles. The number of imide groups is 1. The Bertz CT molecular complexity index is 2160. The molecule has 11 heteroatoms. The summed E-state index contributed by atoms with van der Waals surface area (Å²) in [4.78, 5) is 46.3. The van der Waals surface area contributed by atoms with Gasteiger partial charge in [-0.15, -0.1) is 0 Å². The number of hydrogen-bond acceptors (Lipinski definition) is 8. The number of piperazine rings is 1. The lowest BCUT2D eigenvalue weighted by atomic mass is 9.79. The number of carbonyl (C=O) groups excluding carboxylic acids is 3. The van der Waals surface area contributed by atoms with Gasteiger partial charge in [0.25, 0.3) is 5.91 Å². The van der Waals surface area contributed by atoms with Crippen LogP contribution in [0.3, 0.4) is 0 Å².